The number of nitrogens with zero attached hydrogens (tertiary/aromatic N) is 4. The molecule has 0 atom stereocenters. The highest BCUT2D eigenvalue weighted by atomic mass is 15.0. The van der Waals surface area contributed by atoms with E-state index in [1.54, 1.807) is 0 Å². The van der Waals surface area contributed by atoms with E-state index in [4.69, 9.17) is 19.9 Å². The number of aromatic nitrogens is 4. The van der Waals surface area contributed by atoms with Crippen LogP contribution >= 0.6 is 0 Å². The maximum Gasteiger partial charge on any atom is 0.164 e. The molecule has 4 heteroatoms. The fourth-order valence-corrected chi connectivity index (χ4v) is 9.99. The largest absolute Gasteiger partial charge is 0.247 e. The molecule has 66 heavy (non-hydrogen) atoms. The summed E-state index contributed by atoms with van der Waals surface area (Å²) in [6, 6.07) is 81.8. The highest BCUT2D eigenvalue weighted by molar-refractivity contribution is 6.18. The first-order valence-electron chi connectivity index (χ1n) is 22.4. The lowest BCUT2D eigenvalue weighted by Gasteiger charge is -2.15. The summed E-state index contributed by atoms with van der Waals surface area (Å²) in [6.45, 7) is 0. The predicted molar refractivity (Wildman–Crippen MR) is 275 cm³/mol. The van der Waals surface area contributed by atoms with Gasteiger partial charge in [-0.25, -0.2) is 19.9 Å². The van der Waals surface area contributed by atoms with E-state index in [-0.39, 0.29) is 0 Å². The molecular weight excluding hydrogens is 801 g/mol. The van der Waals surface area contributed by atoms with E-state index in [2.05, 4.69) is 231 Å². The Labute approximate surface area is 381 Å². The van der Waals surface area contributed by atoms with Gasteiger partial charge in [0.25, 0.3) is 0 Å². The number of rotatable bonds is 6. The second-order valence-corrected chi connectivity index (χ2v) is 16.9. The van der Waals surface area contributed by atoms with Crippen LogP contribution in [0.4, 0.5) is 0 Å². The van der Waals surface area contributed by atoms with Gasteiger partial charge >= 0.3 is 0 Å². The summed E-state index contributed by atoms with van der Waals surface area (Å²) in [5.41, 5.74) is 10.4. The summed E-state index contributed by atoms with van der Waals surface area (Å²) in [5.74, 6) is 1.88. The Bertz CT molecular complexity index is 3930. The van der Waals surface area contributed by atoms with Crippen molar-refractivity contribution in [3.05, 3.63) is 231 Å². The number of para-hydroxylation sites is 1. The molecule has 0 radical (unpaired) electrons. The van der Waals surface area contributed by atoms with Crippen molar-refractivity contribution < 1.29 is 0 Å². The van der Waals surface area contributed by atoms with Crippen molar-refractivity contribution in [2.24, 2.45) is 0 Å². The fourth-order valence-electron chi connectivity index (χ4n) is 9.99. The first-order valence-corrected chi connectivity index (χ1v) is 22.4. The SMILES string of the molecule is c1ccc(-c2nc3ccccc3c3c(-c4cccc(-c5cccc(-c6nc(-c7cc8ccccc8c8ccccc78)nc(-c7cc8ccccc8c8ccccc78)n6)c5)c4)cccc23)cc1. The second-order valence-electron chi connectivity index (χ2n) is 16.9. The third kappa shape index (κ3) is 6.30. The van der Waals surface area contributed by atoms with Crippen LogP contribution in [-0.2, 0) is 0 Å². The van der Waals surface area contributed by atoms with Crippen molar-refractivity contribution in [2.75, 3.05) is 0 Å². The van der Waals surface area contributed by atoms with Crippen molar-refractivity contribution in [1.29, 1.82) is 0 Å². The second kappa shape index (κ2) is 15.4. The summed E-state index contributed by atoms with van der Waals surface area (Å²) in [5, 5.41) is 12.7. The van der Waals surface area contributed by atoms with Gasteiger partial charge in [-0.3, -0.25) is 0 Å². The van der Waals surface area contributed by atoms with Gasteiger partial charge in [0.05, 0.1) is 11.2 Å². The van der Waals surface area contributed by atoms with Crippen LogP contribution in [0.15, 0.2) is 231 Å². The van der Waals surface area contributed by atoms with Crippen LogP contribution < -0.4 is 0 Å². The number of pyridine rings is 1. The molecule has 11 aromatic carbocycles. The third-order valence-corrected chi connectivity index (χ3v) is 13.1. The quantitative estimate of drug-likeness (QED) is 0.157. The predicted octanol–water partition coefficient (Wildman–Crippen LogP) is 16.2. The summed E-state index contributed by atoms with van der Waals surface area (Å²) in [4.78, 5) is 21.3. The van der Waals surface area contributed by atoms with Crippen LogP contribution in [0.1, 0.15) is 0 Å². The van der Waals surface area contributed by atoms with Gasteiger partial charge in [0.1, 0.15) is 0 Å². The molecule has 4 nitrogen and oxygen atoms in total. The van der Waals surface area contributed by atoms with E-state index in [1.807, 2.05) is 0 Å². The van der Waals surface area contributed by atoms with Crippen LogP contribution in [0.3, 0.4) is 0 Å². The molecule has 0 amide bonds. The Morgan fingerprint density at radius 2 is 0.667 bits per heavy atom. The van der Waals surface area contributed by atoms with Gasteiger partial charge < -0.3 is 0 Å². The minimum atomic E-state index is 0.615. The molecular formula is C62H38N4. The lowest BCUT2D eigenvalue weighted by atomic mass is 9.91. The molecule has 0 saturated carbocycles. The van der Waals surface area contributed by atoms with E-state index >= 15 is 0 Å². The lowest BCUT2D eigenvalue weighted by molar-refractivity contribution is 1.08. The summed E-state index contributed by atoms with van der Waals surface area (Å²) >= 11 is 0. The maximum atomic E-state index is 5.38. The van der Waals surface area contributed by atoms with Crippen molar-refractivity contribution >= 4 is 64.8 Å². The molecule has 0 bridgehead atoms. The third-order valence-electron chi connectivity index (χ3n) is 13.1. The van der Waals surface area contributed by atoms with Crippen LogP contribution in [0, 0.1) is 0 Å². The number of hydrogen-bond donors (Lipinski definition) is 0. The summed E-state index contributed by atoms with van der Waals surface area (Å²) in [7, 11) is 0. The van der Waals surface area contributed by atoms with Gasteiger partial charge in [-0.2, -0.15) is 0 Å². The van der Waals surface area contributed by atoms with Gasteiger partial charge in [-0.1, -0.05) is 200 Å². The van der Waals surface area contributed by atoms with E-state index in [9.17, 15) is 0 Å². The van der Waals surface area contributed by atoms with Crippen molar-refractivity contribution in [3.63, 3.8) is 0 Å². The van der Waals surface area contributed by atoms with Gasteiger partial charge in [0.15, 0.2) is 17.5 Å². The smallest absolute Gasteiger partial charge is 0.164 e. The maximum absolute atomic E-state index is 5.38. The Hall–Kier alpha value is -8.86. The van der Waals surface area contributed by atoms with Crippen molar-refractivity contribution in [2.45, 2.75) is 0 Å². The molecule has 13 aromatic rings. The molecule has 0 fully saturated rings. The summed E-state index contributed by atoms with van der Waals surface area (Å²) < 4.78 is 0. The summed E-state index contributed by atoms with van der Waals surface area (Å²) in [6.07, 6.45) is 0. The Morgan fingerprint density at radius 3 is 1.30 bits per heavy atom. The zero-order valence-corrected chi connectivity index (χ0v) is 35.7. The molecule has 0 N–H and O–H groups in total. The lowest BCUT2D eigenvalue weighted by Crippen LogP contribution is -2.01. The molecule has 0 aliphatic heterocycles. The zero-order valence-electron chi connectivity index (χ0n) is 35.7. The molecule has 13 rings (SSSR count). The van der Waals surface area contributed by atoms with Gasteiger partial charge in [-0.05, 0) is 95.7 Å². The first kappa shape index (κ1) is 37.7. The average molecular weight is 839 g/mol. The Morgan fingerprint density at radius 1 is 0.227 bits per heavy atom. The van der Waals surface area contributed by atoms with E-state index in [0.717, 1.165) is 82.5 Å². The Kier molecular flexibility index (Phi) is 8.81. The van der Waals surface area contributed by atoms with Gasteiger partial charge in [0.2, 0.25) is 0 Å². The molecule has 0 saturated heterocycles. The number of hydrogen-bond acceptors (Lipinski definition) is 4. The van der Waals surface area contributed by atoms with Crippen LogP contribution in [-0.4, -0.2) is 19.9 Å². The van der Waals surface area contributed by atoms with Crippen LogP contribution in [0.25, 0.3) is 132 Å². The first-order chi connectivity index (χ1) is 32.7. The van der Waals surface area contributed by atoms with Crippen LogP contribution in [0.5, 0.6) is 0 Å². The molecule has 0 aliphatic rings. The zero-order chi connectivity index (χ0) is 43.6. The van der Waals surface area contributed by atoms with E-state index in [1.165, 1.54) is 32.5 Å². The molecule has 2 aromatic heterocycles. The molecule has 2 heterocycles. The molecule has 0 aliphatic carbocycles. The molecule has 0 unspecified atom stereocenters. The molecule has 306 valence electrons. The highest BCUT2D eigenvalue weighted by Crippen LogP contribution is 2.41. The molecule has 0 spiro atoms. The fraction of sp³-hybridized carbons (Fsp3) is 0. The van der Waals surface area contributed by atoms with Gasteiger partial charge in [-0.15, -0.1) is 0 Å². The standard InChI is InChI=1S/C62H38N4/c1-2-17-39(18-3-1)59-54-33-16-32-48(58(54)53-31-12-13-34-57(53)63-59)42-23-14-21-40(35-42)41-22-15-24-45(36-41)60-64-61(55-37-43-19-4-6-25-46(43)49-27-8-10-29-51(49)55)66-62(65-60)56-38-44-20-5-7-26-47(44)50-28-9-11-30-52(50)56/h1-38H. The minimum Gasteiger partial charge on any atom is -0.247 e. The number of benzene rings is 11. The van der Waals surface area contributed by atoms with Crippen molar-refractivity contribution in [3.8, 4) is 67.7 Å². The highest BCUT2D eigenvalue weighted by Gasteiger charge is 2.20. The monoisotopic (exact) mass is 838 g/mol. The van der Waals surface area contributed by atoms with Crippen molar-refractivity contribution in [1.82, 2.24) is 19.9 Å². The van der Waals surface area contributed by atoms with E-state index < -0.39 is 0 Å². The van der Waals surface area contributed by atoms with Gasteiger partial charge in [0, 0.05) is 38.4 Å². The van der Waals surface area contributed by atoms with Crippen LogP contribution in [0.2, 0.25) is 0 Å². The normalized spacial score (nSPS) is 11.6. The van der Waals surface area contributed by atoms with E-state index in [0.29, 0.717) is 17.5 Å². The average Bonchev–Trinajstić information content (AvgIpc) is 3.40. The Balaban J connectivity index is 0.998. The minimum absolute atomic E-state index is 0.615. The topological polar surface area (TPSA) is 51.6 Å². The number of fused-ring (bicyclic) bond motifs is 9.